The maximum absolute atomic E-state index is 14.4. The van der Waals surface area contributed by atoms with Crippen molar-refractivity contribution in [2.45, 2.75) is 51.4 Å². The van der Waals surface area contributed by atoms with Crippen LogP contribution in [-0.4, -0.2) is 44.4 Å². The number of nitrogens with one attached hydrogen (secondary N) is 1. The number of amides is 2. The van der Waals surface area contributed by atoms with Crippen LogP contribution in [0.2, 0.25) is 0 Å². The van der Waals surface area contributed by atoms with Crippen molar-refractivity contribution in [2.24, 2.45) is 0 Å². The molecular weight excluding hydrogens is 468 g/mol. The summed E-state index contributed by atoms with van der Waals surface area (Å²) in [5, 5.41) is 2.86. The molecule has 1 aromatic carbocycles. The van der Waals surface area contributed by atoms with E-state index in [0.29, 0.717) is 43.1 Å². The summed E-state index contributed by atoms with van der Waals surface area (Å²) in [6, 6.07) is 4.08. The smallest absolute Gasteiger partial charge is 0.268 e. The Hall–Kier alpha value is -3.66. The number of fused-ring (bicyclic) bond motifs is 1. The SMILES string of the molecule is CC[C@@H](NC(=O)c1cc(C(=O)N2CCC[C@@H]2c2cnccn2)c2n1CCOC2)c1ccc(F)cc1F. The van der Waals surface area contributed by atoms with Crippen LogP contribution in [0.1, 0.15) is 76.1 Å². The highest BCUT2D eigenvalue weighted by Gasteiger charge is 2.35. The van der Waals surface area contributed by atoms with Crippen molar-refractivity contribution in [3.05, 3.63) is 82.7 Å². The van der Waals surface area contributed by atoms with Gasteiger partial charge in [-0.05, 0) is 31.4 Å². The molecule has 0 bridgehead atoms. The van der Waals surface area contributed by atoms with E-state index in [1.807, 2.05) is 6.92 Å². The molecule has 0 saturated carbocycles. The number of benzene rings is 1. The second kappa shape index (κ2) is 10.1. The summed E-state index contributed by atoms with van der Waals surface area (Å²) < 4.78 is 35.2. The van der Waals surface area contributed by atoms with Crippen LogP contribution < -0.4 is 5.32 Å². The van der Waals surface area contributed by atoms with Crippen molar-refractivity contribution in [3.8, 4) is 0 Å². The third-order valence-electron chi connectivity index (χ3n) is 6.86. The fourth-order valence-corrected chi connectivity index (χ4v) is 5.07. The zero-order chi connectivity index (χ0) is 25.2. The van der Waals surface area contributed by atoms with Crippen LogP contribution in [0.15, 0.2) is 42.9 Å². The molecule has 3 aromatic rings. The molecule has 1 saturated heterocycles. The molecule has 4 heterocycles. The maximum atomic E-state index is 14.4. The molecule has 2 amide bonds. The predicted octanol–water partition coefficient (Wildman–Crippen LogP) is 3.94. The minimum atomic E-state index is -0.715. The minimum Gasteiger partial charge on any atom is -0.373 e. The third-order valence-corrected chi connectivity index (χ3v) is 6.86. The topological polar surface area (TPSA) is 89.4 Å². The Bertz CT molecular complexity index is 1280. The van der Waals surface area contributed by atoms with E-state index in [2.05, 4.69) is 15.3 Å². The highest BCUT2D eigenvalue weighted by atomic mass is 19.1. The summed E-state index contributed by atoms with van der Waals surface area (Å²) in [4.78, 5) is 37.4. The molecular formula is C26H27F2N5O3. The van der Waals surface area contributed by atoms with Crippen LogP contribution in [0.5, 0.6) is 0 Å². The van der Waals surface area contributed by atoms with Crippen molar-refractivity contribution in [3.63, 3.8) is 0 Å². The van der Waals surface area contributed by atoms with Gasteiger partial charge in [0.05, 0.1) is 48.4 Å². The molecule has 0 spiro atoms. The van der Waals surface area contributed by atoms with E-state index in [9.17, 15) is 18.4 Å². The summed E-state index contributed by atoms with van der Waals surface area (Å²) in [6.07, 6.45) is 6.91. The van der Waals surface area contributed by atoms with Crippen molar-refractivity contribution >= 4 is 11.8 Å². The molecule has 0 radical (unpaired) electrons. The lowest BCUT2D eigenvalue weighted by Crippen LogP contribution is -2.32. The van der Waals surface area contributed by atoms with E-state index in [1.54, 1.807) is 34.1 Å². The molecule has 0 unspecified atom stereocenters. The Morgan fingerprint density at radius 1 is 1.22 bits per heavy atom. The number of hydrogen-bond acceptors (Lipinski definition) is 5. The fraction of sp³-hybridized carbons (Fsp3) is 0.385. The van der Waals surface area contributed by atoms with Gasteiger partial charge in [-0.25, -0.2) is 8.78 Å². The molecule has 2 aliphatic heterocycles. The van der Waals surface area contributed by atoms with Crippen LogP contribution >= 0.6 is 0 Å². The number of ether oxygens (including phenoxy) is 1. The second-order valence-corrected chi connectivity index (χ2v) is 8.98. The lowest BCUT2D eigenvalue weighted by atomic mass is 10.0. The zero-order valence-electron chi connectivity index (χ0n) is 19.9. The van der Waals surface area contributed by atoms with Crippen LogP contribution in [-0.2, 0) is 17.9 Å². The Balaban J connectivity index is 1.44. The third kappa shape index (κ3) is 4.48. The molecule has 1 N–H and O–H groups in total. The number of hydrogen-bond donors (Lipinski definition) is 1. The quantitative estimate of drug-likeness (QED) is 0.560. The van der Waals surface area contributed by atoms with E-state index in [-0.39, 0.29) is 24.1 Å². The first kappa shape index (κ1) is 24.1. The monoisotopic (exact) mass is 495 g/mol. The van der Waals surface area contributed by atoms with E-state index in [0.717, 1.165) is 24.6 Å². The van der Waals surface area contributed by atoms with Gasteiger partial charge in [0.1, 0.15) is 17.3 Å². The van der Waals surface area contributed by atoms with Gasteiger partial charge in [-0.2, -0.15) is 0 Å². The summed E-state index contributed by atoms with van der Waals surface area (Å²) in [7, 11) is 0. The van der Waals surface area contributed by atoms with Gasteiger partial charge in [0.15, 0.2) is 0 Å². The molecule has 5 rings (SSSR count). The van der Waals surface area contributed by atoms with Gasteiger partial charge in [0, 0.05) is 37.1 Å². The van der Waals surface area contributed by atoms with Gasteiger partial charge in [-0.3, -0.25) is 19.6 Å². The molecule has 10 heteroatoms. The number of likely N-dealkylation sites (tertiary alicyclic amines) is 1. The Morgan fingerprint density at radius 2 is 2.08 bits per heavy atom. The van der Waals surface area contributed by atoms with E-state index < -0.39 is 23.6 Å². The van der Waals surface area contributed by atoms with Gasteiger partial charge in [-0.1, -0.05) is 13.0 Å². The van der Waals surface area contributed by atoms with E-state index in [1.165, 1.54) is 12.1 Å². The lowest BCUT2D eigenvalue weighted by molar-refractivity contribution is 0.0686. The molecule has 188 valence electrons. The number of halogens is 2. The average molecular weight is 496 g/mol. The normalized spacial score (nSPS) is 18.1. The first-order valence-corrected chi connectivity index (χ1v) is 12.1. The van der Waals surface area contributed by atoms with Gasteiger partial charge in [0.2, 0.25) is 0 Å². The van der Waals surface area contributed by atoms with Gasteiger partial charge in [0.25, 0.3) is 11.8 Å². The van der Waals surface area contributed by atoms with Crippen LogP contribution in [0.4, 0.5) is 8.78 Å². The molecule has 2 aliphatic rings. The average Bonchev–Trinajstić information content (AvgIpc) is 3.53. The molecule has 8 nitrogen and oxygen atoms in total. The van der Waals surface area contributed by atoms with Crippen molar-refractivity contribution in [1.29, 1.82) is 0 Å². The van der Waals surface area contributed by atoms with Crippen molar-refractivity contribution in [1.82, 2.24) is 24.8 Å². The highest BCUT2D eigenvalue weighted by Crippen LogP contribution is 2.33. The Kier molecular flexibility index (Phi) is 6.77. The van der Waals surface area contributed by atoms with Crippen LogP contribution in [0.3, 0.4) is 0 Å². The van der Waals surface area contributed by atoms with Crippen LogP contribution in [0.25, 0.3) is 0 Å². The molecule has 36 heavy (non-hydrogen) atoms. The lowest BCUT2D eigenvalue weighted by Gasteiger charge is -2.25. The van der Waals surface area contributed by atoms with E-state index >= 15 is 0 Å². The standard InChI is InChI=1S/C26H27F2N5O3/c1-2-20(17-6-5-16(27)12-19(17)28)31-25(34)23-13-18(24-15-36-11-10-32(23)24)26(35)33-9-3-4-22(33)21-14-29-7-8-30-21/h5-8,12-14,20,22H,2-4,9-11,15H2,1H3,(H,31,34)/t20-,22-/m1/s1. The summed E-state index contributed by atoms with van der Waals surface area (Å²) in [5.41, 5.74) is 2.31. The molecule has 2 atom stereocenters. The molecule has 2 aromatic heterocycles. The van der Waals surface area contributed by atoms with Crippen molar-refractivity contribution in [2.75, 3.05) is 13.2 Å². The first-order valence-electron chi connectivity index (χ1n) is 12.1. The fourth-order valence-electron chi connectivity index (χ4n) is 5.07. The van der Waals surface area contributed by atoms with Crippen LogP contribution in [0, 0.1) is 11.6 Å². The number of rotatable bonds is 6. The van der Waals surface area contributed by atoms with Gasteiger partial charge in [-0.15, -0.1) is 0 Å². The second-order valence-electron chi connectivity index (χ2n) is 8.98. The van der Waals surface area contributed by atoms with Gasteiger partial charge >= 0.3 is 0 Å². The number of carbonyl (C=O) groups is 2. The minimum absolute atomic E-state index is 0.186. The highest BCUT2D eigenvalue weighted by molar-refractivity contribution is 6.01. The first-order chi connectivity index (χ1) is 17.5. The predicted molar refractivity (Wildman–Crippen MR) is 126 cm³/mol. The number of nitrogens with zero attached hydrogens (tertiary/aromatic N) is 4. The van der Waals surface area contributed by atoms with Crippen molar-refractivity contribution < 1.29 is 23.1 Å². The molecule has 1 fully saturated rings. The number of aromatic nitrogens is 3. The number of carbonyl (C=O) groups excluding carboxylic acids is 2. The van der Waals surface area contributed by atoms with E-state index in [4.69, 9.17) is 4.74 Å². The Morgan fingerprint density at radius 3 is 2.83 bits per heavy atom. The van der Waals surface area contributed by atoms with Gasteiger partial charge < -0.3 is 19.5 Å². The largest absolute Gasteiger partial charge is 0.373 e. The summed E-state index contributed by atoms with van der Waals surface area (Å²) >= 11 is 0. The summed E-state index contributed by atoms with van der Waals surface area (Å²) in [6.45, 7) is 3.42. The molecule has 0 aliphatic carbocycles. The summed E-state index contributed by atoms with van der Waals surface area (Å²) in [5.74, 6) is -2.01. The maximum Gasteiger partial charge on any atom is 0.268 e. The zero-order valence-corrected chi connectivity index (χ0v) is 19.9. The Labute approximate surface area is 207 Å².